The molecule has 4 heteroatoms. The third kappa shape index (κ3) is 2.03. The molecule has 0 saturated heterocycles. The Labute approximate surface area is 119 Å². The summed E-state index contributed by atoms with van der Waals surface area (Å²) in [6, 6.07) is 7.65. The highest BCUT2D eigenvalue weighted by Gasteiger charge is 2.42. The van der Waals surface area contributed by atoms with Gasteiger partial charge in [0.15, 0.2) is 0 Å². The van der Waals surface area contributed by atoms with Crippen molar-refractivity contribution in [3.63, 3.8) is 0 Å². The lowest BCUT2D eigenvalue weighted by molar-refractivity contribution is -0.126. The predicted molar refractivity (Wildman–Crippen MR) is 78.3 cm³/mol. The van der Waals surface area contributed by atoms with E-state index in [0.29, 0.717) is 23.7 Å². The maximum Gasteiger partial charge on any atom is 0.232 e. The SMILES string of the molecule is CC1CCC2(CC1)CNc1cccc(C#N)c1NC2=O. The Kier molecular flexibility index (Phi) is 3.13. The van der Waals surface area contributed by atoms with Crippen LogP contribution in [0, 0.1) is 22.7 Å². The van der Waals surface area contributed by atoms with Crippen LogP contribution in [-0.4, -0.2) is 12.5 Å². The van der Waals surface area contributed by atoms with E-state index in [1.54, 1.807) is 6.07 Å². The summed E-state index contributed by atoms with van der Waals surface area (Å²) in [5.41, 5.74) is 1.69. The van der Waals surface area contributed by atoms with Crippen molar-refractivity contribution in [2.75, 3.05) is 17.2 Å². The Balaban J connectivity index is 1.93. The highest BCUT2D eigenvalue weighted by atomic mass is 16.2. The summed E-state index contributed by atoms with van der Waals surface area (Å²) in [5, 5.41) is 15.5. The zero-order valence-corrected chi connectivity index (χ0v) is 11.7. The van der Waals surface area contributed by atoms with Gasteiger partial charge in [0.1, 0.15) is 6.07 Å². The molecule has 4 nitrogen and oxygen atoms in total. The molecule has 1 heterocycles. The zero-order valence-electron chi connectivity index (χ0n) is 11.7. The maximum absolute atomic E-state index is 12.7. The quantitative estimate of drug-likeness (QED) is 0.760. The van der Waals surface area contributed by atoms with Gasteiger partial charge in [-0.15, -0.1) is 0 Å². The number of nitrogens with zero attached hydrogens (tertiary/aromatic N) is 1. The van der Waals surface area contributed by atoms with E-state index >= 15 is 0 Å². The van der Waals surface area contributed by atoms with Crippen LogP contribution < -0.4 is 10.6 Å². The molecule has 20 heavy (non-hydrogen) atoms. The number of nitriles is 1. The third-order valence-electron chi connectivity index (χ3n) is 4.75. The smallest absolute Gasteiger partial charge is 0.232 e. The molecule has 1 amide bonds. The van der Waals surface area contributed by atoms with Crippen molar-refractivity contribution in [3.8, 4) is 6.07 Å². The Morgan fingerprint density at radius 2 is 2.10 bits per heavy atom. The van der Waals surface area contributed by atoms with Gasteiger partial charge in [-0.1, -0.05) is 13.0 Å². The van der Waals surface area contributed by atoms with Gasteiger partial charge in [-0.2, -0.15) is 5.26 Å². The first-order valence-electron chi connectivity index (χ1n) is 7.23. The van der Waals surface area contributed by atoms with Crippen LogP contribution in [0.4, 0.5) is 11.4 Å². The minimum atomic E-state index is -0.321. The Morgan fingerprint density at radius 1 is 1.35 bits per heavy atom. The van der Waals surface area contributed by atoms with Crippen molar-refractivity contribution in [2.24, 2.45) is 11.3 Å². The van der Waals surface area contributed by atoms with Gasteiger partial charge in [-0.05, 0) is 43.7 Å². The number of hydrogen-bond donors (Lipinski definition) is 2. The van der Waals surface area contributed by atoms with Crippen LogP contribution in [0.15, 0.2) is 18.2 Å². The van der Waals surface area contributed by atoms with Crippen molar-refractivity contribution < 1.29 is 4.79 Å². The molecule has 0 atom stereocenters. The number of para-hydroxylation sites is 1. The number of carbonyl (C=O) groups excluding carboxylic acids is 1. The lowest BCUT2D eigenvalue weighted by Gasteiger charge is -2.36. The Bertz CT molecular complexity index is 580. The topological polar surface area (TPSA) is 64.9 Å². The zero-order chi connectivity index (χ0) is 14.2. The van der Waals surface area contributed by atoms with E-state index in [2.05, 4.69) is 23.6 Å². The summed E-state index contributed by atoms with van der Waals surface area (Å²) >= 11 is 0. The molecule has 0 radical (unpaired) electrons. The maximum atomic E-state index is 12.7. The lowest BCUT2D eigenvalue weighted by Crippen LogP contribution is -2.42. The number of hydrogen-bond acceptors (Lipinski definition) is 3. The molecule has 0 aromatic heterocycles. The van der Waals surface area contributed by atoms with Crippen LogP contribution in [0.3, 0.4) is 0 Å². The molecule has 2 N–H and O–H groups in total. The fraction of sp³-hybridized carbons (Fsp3) is 0.500. The number of anilines is 2. The lowest BCUT2D eigenvalue weighted by atomic mass is 9.70. The number of amides is 1. The minimum absolute atomic E-state index is 0.0679. The van der Waals surface area contributed by atoms with Crippen molar-refractivity contribution >= 4 is 17.3 Å². The summed E-state index contributed by atoms with van der Waals surface area (Å²) in [7, 11) is 0. The fourth-order valence-electron chi connectivity index (χ4n) is 3.24. The number of rotatable bonds is 0. The van der Waals surface area contributed by atoms with Gasteiger partial charge in [0.05, 0.1) is 22.4 Å². The van der Waals surface area contributed by atoms with E-state index in [0.717, 1.165) is 31.4 Å². The van der Waals surface area contributed by atoms with E-state index in [1.165, 1.54) is 0 Å². The Hall–Kier alpha value is -2.02. The first-order valence-corrected chi connectivity index (χ1v) is 7.23. The van der Waals surface area contributed by atoms with Crippen LogP contribution in [-0.2, 0) is 4.79 Å². The molecule has 1 aliphatic heterocycles. The van der Waals surface area contributed by atoms with Crippen molar-refractivity contribution in [1.29, 1.82) is 5.26 Å². The fourth-order valence-corrected chi connectivity index (χ4v) is 3.24. The van der Waals surface area contributed by atoms with Crippen LogP contribution >= 0.6 is 0 Å². The van der Waals surface area contributed by atoms with E-state index in [9.17, 15) is 10.1 Å². The normalized spacial score (nSPS) is 28.8. The number of benzene rings is 1. The summed E-state index contributed by atoms with van der Waals surface area (Å²) in [4.78, 5) is 12.7. The summed E-state index contributed by atoms with van der Waals surface area (Å²) in [5.74, 6) is 0.770. The van der Waals surface area contributed by atoms with E-state index < -0.39 is 0 Å². The van der Waals surface area contributed by atoms with Crippen molar-refractivity contribution in [2.45, 2.75) is 32.6 Å². The number of fused-ring (bicyclic) bond motifs is 1. The van der Waals surface area contributed by atoms with E-state index in [4.69, 9.17) is 0 Å². The molecule has 1 aliphatic carbocycles. The molecule has 2 aliphatic rings. The Morgan fingerprint density at radius 3 is 2.80 bits per heavy atom. The molecule has 3 rings (SSSR count). The first-order chi connectivity index (χ1) is 9.64. The molecular weight excluding hydrogens is 250 g/mol. The molecule has 0 bridgehead atoms. The summed E-state index contributed by atoms with van der Waals surface area (Å²) in [6.45, 7) is 2.91. The van der Waals surface area contributed by atoms with Gasteiger partial charge in [0.25, 0.3) is 0 Å². The largest absolute Gasteiger partial charge is 0.382 e. The van der Waals surface area contributed by atoms with Crippen molar-refractivity contribution in [1.82, 2.24) is 0 Å². The molecule has 0 unspecified atom stereocenters. The minimum Gasteiger partial charge on any atom is -0.382 e. The van der Waals surface area contributed by atoms with Crippen LogP contribution in [0.2, 0.25) is 0 Å². The predicted octanol–water partition coefficient (Wildman–Crippen LogP) is 3.12. The molecule has 1 aromatic carbocycles. The molecular formula is C16H19N3O. The summed E-state index contributed by atoms with van der Waals surface area (Å²) in [6.07, 6.45) is 4.03. The van der Waals surface area contributed by atoms with Crippen LogP contribution in [0.1, 0.15) is 38.2 Å². The van der Waals surface area contributed by atoms with Gasteiger partial charge < -0.3 is 10.6 Å². The van der Waals surface area contributed by atoms with Gasteiger partial charge in [0.2, 0.25) is 5.91 Å². The monoisotopic (exact) mass is 269 g/mol. The second-order valence-corrected chi connectivity index (χ2v) is 6.11. The molecule has 1 fully saturated rings. The second-order valence-electron chi connectivity index (χ2n) is 6.11. The number of nitrogens with one attached hydrogen (secondary N) is 2. The molecule has 1 saturated carbocycles. The molecule has 1 spiro atoms. The van der Waals surface area contributed by atoms with Gasteiger partial charge in [-0.25, -0.2) is 0 Å². The molecule has 1 aromatic rings. The highest BCUT2D eigenvalue weighted by Crippen LogP contribution is 2.43. The van der Waals surface area contributed by atoms with Crippen molar-refractivity contribution in [3.05, 3.63) is 23.8 Å². The standard InChI is InChI=1S/C16H19N3O/c1-11-5-7-16(8-6-11)10-18-13-4-2-3-12(9-17)14(13)19-15(16)20/h2-4,11,18H,5-8,10H2,1H3,(H,19,20). The van der Waals surface area contributed by atoms with Gasteiger partial charge >= 0.3 is 0 Å². The number of carbonyl (C=O) groups is 1. The second kappa shape index (κ2) is 4.82. The highest BCUT2D eigenvalue weighted by molar-refractivity contribution is 6.01. The van der Waals surface area contributed by atoms with Crippen LogP contribution in [0.5, 0.6) is 0 Å². The van der Waals surface area contributed by atoms with Crippen LogP contribution in [0.25, 0.3) is 0 Å². The molecule has 104 valence electrons. The van der Waals surface area contributed by atoms with E-state index in [1.807, 2.05) is 12.1 Å². The average Bonchev–Trinajstić information content (AvgIpc) is 2.60. The summed E-state index contributed by atoms with van der Waals surface area (Å²) < 4.78 is 0. The first kappa shape index (κ1) is 13.0. The average molecular weight is 269 g/mol. The van der Waals surface area contributed by atoms with Gasteiger partial charge in [0, 0.05) is 6.54 Å². The van der Waals surface area contributed by atoms with E-state index in [-0.39, 0.29) is 11.3 Å². The third-order valence-corrected chi connectivity index (χ3v) is 4.75. The van der Waals surface area contributed by atoms with Gasteiger partial charge in [-0.3, -0.25) is 4.79 Å².